The molecule has 1 amide bonds. The Kier molecular flexibility index (Phi) is 4.33. The molecule has 4 rings (SSSR count). The molecule has 3 heterocycles. The number of Topliss-reactive ketones (excluding diaryl/α,β-unsaturated/α-hetero) is 1. The van der Waals surface area contributed by atoms with E-state index in [2.05, 4.69) is 20.4 Å². The second-order valence-electron chi connectivity index (χ2n) is 6.26. The Bertz CT molecular complexity index is 1040. The zero-order valence-corrected chi connectivity index (χ0v) is 14.7. The molecule has 1 aliphatic heterocycles. The third kappa shape index (κ3) is 3.27. The van der Waals surface area contributed by atoms with Crippen LogP contribution in [0.4, 0.5) is 11.4 Å². The van der Waals surface area contributed by atoms with Gasteiger partial charge < -0.3 is 5.32 Å². The number of benzene rings is 1. The summed E-state index contributed by atoms with van der Waals surface area (Å²) in [6.07, 6.45) is 5.20. The summed E-state index contributed by atoms with van der Waals surface area (Å²) in [6, 6.07) is 12.4. The molecule has 0 unspecified atom stereocenters. The van der Waals surface area contributed by atoms with E-state index >= 15 is 0 Å². The van der Waals surface area contributed by atoms with Crippen LogP contribution < -0.4 is 10.3 Å². The van der Waals surface area contributed by atoms with Crippen LogP contribution in [-0.4, -0.2) is 33.4 Å². The molecule has 7 heteroatoms. The lowest BCUT2D eigenvalue weighted by atomic mass is 10.1. The highest BCUT2D eigenvalue weighted by Gasteiger charge is 2.34. The molecule has 0 spiro atoms. The van der Waals surface area contributed by atoms with Gasteiger partial charge in [0.2, 0.25) is 0 Å². The molecular weight excluding hydrogens is 342 g/mol. The minimum atomic E-state index is -0.482. The number of para-hydroxylation sites is 1. The molecule has 1 atom stereocenters. The fraction of sp³-hybridized carbons (Fsp3) is 0.150. The fourth-order valence-corrected chi connectivity index (χ4v) is 3.08. The van der Waals surface area contributed by atoms with Crippen LogP contribution in [0.15, 0.2) is 66.2 Å². The monoisotopic (exact) mass is 359 g/mol. The molecule has 1 aromatic carbocycles. The van der Waals surface area contributed by atoms with Crippen molar-refractivity contribution in [2.24, 2.45) is 5.10 Å². The SMILES string of the molecule is CC(=O)[C@@H]1CC(C(=O)Nc2ccnc3ccncc23)=NN1c1ccccc1. The number of carbonyl (C=O) groups excluding carboxylic acids is 2. The maximum Gasteiger partial charge on any atom is 0.271 e. The number of rotatable bonds is 4. The largest absolute Gasteiger partial charge is 0.320 e. The van der Waals surface area contributed by atoms with Crippen LogP contribution >= 0.6 is 0 Å². The first-order valence-electron chi connectivity index (χ1n) is 8.56. The van der Waals surface area contributed by atoms with Gasteiger partial charge in [-0.05, 0) is 31.2 Å². The third-order valence-electron chi connectivity index (χ3n) is 4.45. The van der Waals surface area contributed by atoms with Crippen LogP contribution in [0.25, 0.3) is 10.9 Å². The topological polar surface area (TPSA) is 87.5 Å². The summed E-state index contributed by atoms with van der Waals surface area (Å²) in [5.41, 5.74) is 2.44. The molecule has 2 aromatic heterocycles. The predicted octanol–water partition coefficient (Wildman–Crippen LogP) is 2.79. The average Bonchev–Trinajstić information content (AvgIpc) is 3.15. The summed E-state index contributed by atoms with van der Waals surface area (Å²) in [7, 11) is 0. The van der Waals surface area contributed by atoms with Crippen molar-refractivity contribution >= 4 is 39.7 Å². The normalized spacial score (nSPS) is 16.3. The van der Waals surface area contributed by atoms with Crippen molar-refractivity contribution in [2.75, 3.05) is 10.3 Å². The first-order valence-corrected chi connectivity index (χ1v) is 8.56. The standard InChI is InChI=1S/C20H17N5O2/c1-13(26)19-11-18(24-25(19)14-5-3-2-4-6-14)20(27)23-17-8-10-22-16-7-9-21-12-15(16)17/h2-10,12,19H,11H2,1H3,(H,22,23,27)/t19-/m0/s1. The highest BCUT2D eigenvalue weighted by molar-refractivity contribution is 6.44. The smallest absolute Gasteiger partial charge is 0.271 e. The molecule has 0 saturated carbocycles. The van der Waals surface area contributed by atoms with Crippen molar-refractivity contribution < 1.29 is 9.59 Å². The van der Waals surface area contributed by atoms with E-state index in [1.807, 2.05) is 30.3 Å². The van der Waals surface area contributed by atoms with Crippen molar-refractivity contribution in [2.45, 2.75) is 19.4 Å². The maximum absolute atomic E-state index is 12.8. The number of ketones is 1. The summed E-state index contributed by atoms with van der Waals surface area (Å²) < 4.78 is 0. The average molecular weight is 359 g/mol. The molecule has 27 heavy (non-hydrogen) atoms. The molecular formula is C20H17N5O2. The molecule has 1 N–H and O–H groups in total. The number of hydrogen-bond donors (Lipinski definition) is 1. The number of nitrogens with zero attached hydrogens (tertiary/aromatic N) is 4. The lowest BCUT2D eigenvalue weighted by molar-refractivity contribution is -0.118. The van der Waals surface area contributed by atoms with Crippen LogP contribution in [0.2, 0.25) is 0 Å². The molecule has 0 radical (unpaired) electrons. The summed E-state index contributed by atoms with van der Waals surface area (Å²) in [5, 5.41) is 9.65. The van der Waals surface area contributed by atoms with Gasteiger partial charge in [0.15, 0.2) is 5.78 Å². The van der Waals surface area contributed by atoms with E-state index in [0.29, 0.717) is 11.4 Å². The van der Waals surface area contributed by atoms with Crippen molar-refractivity contribution in [3.8, 4) is 0 Å². The van der Waals surface area contributed by atoms with Gasteiger partial charge in [-0.15, -0.1) is 0 Å². The minimum Gasteiger partial charge on any atom is -0.320 e. The van der Waals surface area contributed by atoms with Crippen LogP contribution in [-0.2, 0) is 9.59 Å². The number of pyridine rings is 2. The summed E-state index contributed by atoms with van der Waals surface area (Å²) in [4.78, 5) is 33.2. The summed E-state index contributed by atoms with van der Waals surface area (Å²) >= 11 is 0. The van der Waals surface area contributed by atoms with Crippen molar-refractivity contribution in [3.63, 3.8) is 0 Å². The quantitative estimate of drug-likeness (QED) is 0.774. The van der Waals surface area contributed by atoms with Gasteiger partial charge in [0.05, 0.1) is 16.9 Å². The molecule has 7 nitrogen and oxygen atoms in total. The Morgan fingerprint density at radius 2 is 1.93 bits per heavy atom. The van der Waals surface area contributed by atoms with Crippen molar-refractivity contribution in [1.29, 1.82) is 0 Å². The molecule has 0 aliphatic carbocycles. The lowest BCUT2D eigenvalue weighted by Crippen LogP contribution is -2.33. The summed E-state index contributed by atoms with van der Waals surface area (Å²) in [6.45, 7) is 1.51. The molecule has 1 aliphatic rings. The zero-order chi connectivity index (χ0) is 18.8. The predicted molar refractivity (Wildman–Crippen MR) is 104 cm³/mol. The first kappa shape index (κ1) is 16.8. The van der Waals surface area contributed by atoms with E-state index in [0.717, 1.165) is 16.6 Å². The Hall–Kier alpha value is -3.61. The first-order chi connectivity index (χ1) is 13.1. The van der Waals surface area contributed by atoms with Crippen molar-refractivity contribution in [3.05, 3.63) is 61.1 Å². The molecule has 0 bridgehead atoms. The zero-order valence-electron chi connectivity index (χ0n) is 14.7. The number of hydrazone groups is 1. The molecule has 3 aromatic rings. The van der Waals surface area contributed by atoms with E-state index in [9.17, 15) is 9.59 Å². The van der Waals surface area contributed by atoms with Gasteiger partial charge in [0.1, 0.15) is 11.8 Å². The second kappa shape index (κ2) is 6.95. The highest BCUT2D eigenvalue weighted by atomic mass is 16.2. The van der Waals surface area contributed by atoms with E-state index in [4.69, 9.17) is 0 Å². The van der Waals surface area contributed by atoms with E-state index < -0.39 is 6.04 Å². The minimum absolute atomic E-state index is 0.0380. The van der Waals surface area contributed by atoms with E-state index in [1.54, 1.807) is 35.7 Å². The van der Waals surface area contributed by atoms with Crippen LogP contribution in [0.3, 0.4) is 0 Å². The number of fused-ring (bicyclic) bond motifs is 1. The Morgan fingerprint density at radius 1 is 1.11 bits per heavy atom. The fourth-order valence-electron chi connectivity index (χ4n) is 3.08. The molecule has 0 fully saturated rings. The molecule has 0 saturated heterocycles. The van der Waals surface area contributed by atoms with Gasteiger partial charge >= 0.3 is 0 Å². The highest BCUT2D eigenvalue weighted by Crippen LogP contribution is 2.26. The third-order valence-corrected chi connectivity index (χ3v) is 4.45. The number of aromatic nitrogens is 2. The number of anilines is 2. The van der Waals surface area contributed by atoms with Crippen LogP contribution in [0.1, 0.15) is 13.3 Å². The Labute approximate surface area is 155 Å². The Balaban J connectivity index is 1.62. The van der Waals surface area contributed by atoms with E-state index in [1.165, 1.54) is 6.92 Å². The van der Waals surface area contributed by atoms with Crippen molar-refractivity contribution in [1.82, 2.24) is 9.97 Å². The lowest BCUT2D eigenvalue weighted by Gasteiger charge is -2.20. The molecule has 134 valence electrons. The second-order valence-corrected chi connectivity index (χ2v) is 6.26. The van der Waals surface area contributed by atoms with Gasteiger partial charge in [-0.1, -0.05) is 18.2 Å². The number of amides is 1. The van der Waals surface area contributed by atoms with Gasteiger partial charge in [-0.25, -0.2) is 0 Å². The van der Waals surface area contributed by atoms with Crippen LogP contribution in [0.5, 0.6) is 0 Å². The summed E-state index contributed by atoms with van der Waals surface area (Å²) in [5.74, 6) is -0.375. The maximum atomic E-state index is 12.8. The van der Waals surface area contributed by atoms with E-state index in [-0.39, 0.29) is 18.1 Å². The number of nitrogens with one attached hydrogen (secondary N) is 1. The van der Waals surface area contributed by atoms with Crippen LogP contribution in [0, 0.1) is 0 Å². The Morgan fingerprint density at radius 3 is 2.70 bits per heavy atom. The number of carbonyl (C=O) groups is 2. The number of hydrogen-bond acceptors (Lipinski definition) is 6. The van der Waals surface area contributed by atoms with Gasteiger partial charge in [-0.2, -0.15) is 5.10 Å². The van der Waals surface area contributed by atoms with Gasteiger partial charge in [-0.3, -0.25) is 24.6 Å². The van der Waals surface area contributed by atoms with Gasteiger partial charge in [0.25, 0.3) is 5.91 Å². The van der Waals surface area contributed by atoms with Gasteiger partial charge in [0, 0.05) is 30.4 Å².